The first-order valence-electron chi connectivity index (χ1n) is 6.85. The molecular formula is C16H14N3O2S-. The van der Waals surface area contributed by atoms with Crippen LogP contribution in [0.5, 0.6) is 0 Å². The zero-order valence-corrected chi connectivity index (χ0v) is 12.6. The van der Waals surface area contributed by atoms with Gasteiger partial charge in [-0.1, -0.05) is 36.4 Å². The average molecular weight is 312 g/mol. The Balaban J connectivity index is 2.04. The van der Waals surface area contributed by atoms with Gasteiger partial charge in [-0.15, -0.1) is 0 Å². The van der Waals surface area contributed by atoms with Crippen LogP contribution < -0.4 is 4.72 Å². The van der Waals surface area contributed by atoms with Crippen molar-refractivity contribution in [2.75, 3.05) is 0 Å². The second kappa shape index (κ2) is 6.28. The SMILES string of the molecule is N#CN1Cc2cc(CNS(=O)[O-])cc(-c3ccccc3)c2C1. The number of hydrogen-bond acceptors (Lipinski definition) is 4. The molecule has 112 valence electrons. The Morgan fingerprint density at radius 3 is 2.73 bits per heavy atom. The zero-order valence-electron chi connectivity index (χ0n) is 11.8. The first kappa shape index (κ1) is 14.7. The second-order valence-corrected chi connectivity index (χ2v) is 5.92. The summed E-state index contributed by atoms with van der Waals surface area (Å²) in [4.78, 5) is 1.69. The van der Waals surface area contributed by atoms with Crippen LogP contribution in [0.3, 0.4) is 0 Å². The molecule has 0 spiro atoms. The van der Waals surface area contributed by atoms with Crippen LogP contribution in [0.2, 0.25) is 0 Å². The summed E-state index contributed by atoms with van der Waals surface area (Å²) in [6.45, 7) is 1.41. The van der Waals surface area contributed by atoms with E-state index >= 15 is 0 Å². The third-order valence-electron chi connectivity index (χ3n) is 3.73. The monoisotopic (exact) mass is 312 g/mol. The first-order chi connectivity index (χ1) is 10.7. The number of benzene rings is 2. The Kier molecular flexibility index (Phi) is 4.20. The van der Waals surface area contributed by atoms with Crippen molar-refractivity contribution < 1.29 is 8.76 Å². The summed E-state index contributed by atoms with van der Waals surface area (Å²) >= 11 is -2.29. The largest absolute Gasteiger partial charge is 0.760 e. The van der Waals surface area contributed by atoms with Gasteiger partial charge >= 0.3 is 0 Å². The predicted molar refractivity (Wildman–Crippen MR) is 82.5 cm³/mol. The molecule has 2 aromatic rings. The number of fused-ring (bicyclic) bond motifs is 1. The highest BCUT2D eigenvalue weighted by molar-refractivity contribution is 7.77. The third-order valence-corrected chi connectivity index (χ3v) is 4.11. The lowest BCUT2D eigenvalue weighted by Crippen LogP contribution is -2.15. The van der Waals surface area contributed by atoms with Gasteiger partial charge in [0.05, 0.1) is 13.1 Å². The summed E-state index contributed by atoms with van der Waals surface area (Å²) in [7, 11) is 0. The van der Waals surface area contributed by atoms with Gasteiger partial charge in [-0.3, -0.25) is 4.21 Å². The number of nitriles is 1. The summed E-state index contributed by atoms with van der Waals surface area (Å²) in [5, 5.41) is 9.13. The van der Waals surface area contributed by atoms with Gasteiger partial charge in [0.15, 0.2) is 6.19 Å². The van der Waals surface area contributed by atoms with E-state index in [2.05, 4.69) is 10.9 Å². The molecule has 1 N–H and O–H groups in total. The van der Waals surface area contributed by atoms with Gasteiger partial charge in [0.2, 0.25) is 0 Å². The third kappa shape index (κ3) is 3.02. The van der Waals surface area contributed by atoms with Crippen LogP contribution in [0.4, 0.5) is 0 Å². The van der Waals surface area contributed by atoms with E-state index in [0.29, 0.717) is 13.1 Å². The standard InChI is InChI=1S/C16H15N3O2S/c17-11-19-9-14-6-12(8-18-22(20)21)7-15(16(14)10-19)13-4-2-1-3-5-13/h1-7,18H,8-10H2,(H,20,21)/p-1. The van der Waals surface area contributed by atoms with Crippen molar-refractivity contribution in [1.82, 2.24) is 9.62 Å². The molecule has 5 nitrogen and oxygen atoms in total. The molecule has 2 aromatic carbocycles. The number of rotatable bonds is 4. The zero-order chi connectivity index (χ0) is 15.5. The normalized spacial score (nSPS) is 14.5. The van der Waals surface area contributed by atoms with E-state index in [4.69, 9.17) is 5.26 Å². The Bertz CT molecular complexity index is 756. The summed E-state index contributed by atoms with van der Waals surface area (Å²) in [5.74, 6) is 0. The van der Waals surface area contributed by atoms with Gasteiger partial charge < -0.3 is 9.45 Å². The highest BCUT2D eigenvalue weighted by Crippen LogP contribution is 2.33. The minimum atomic E-state index is -2.29. The van der Waals surface area contributed by atoms with E-state index < -0.39 is 11.3 Å². The molecule has 3 rings (SSSR count). The van der Waals surface area contributed by atoms with E-state index in [9.17, 15) is 8.76 Å². The van der Waals surface area contributed by atoms with Crippen molar-refractivity contribution >= 4 is 11.3 Å². The number of nitrogens with one attached hydrogen (secondary N) is 1. The maximum Gasteiger partial charge on any atom is 0.179 e. The predicted octanol–water partition coefficient (Wildman–Crippen LogP) is 2.03. The van der Waals surface area contributed by atoms with Crippen molar-refractivity contribution in [2.45, 2.75) is 19.6 Å². The topological polar surface area (TPSA) is 79.2 Å². The molecule has 6 heteroatoms. The molecule has 0 saturated heterocycles. The van der Waals surface area contributed by atoms with Crippen LogP contribution in [0.1, 0.15) is 16.7 Å². The van der Waals surface area contributed by atoms with E-state index in [1.54, 1.807) is 4.90 Å². The molecule has 0 aromatic heterocycles. The van der Waals surface area contributed by atoms with E-state index in [1.165, 1.54) is 0 Å². The van der Waals surface area contributed by atoms with Gasteiger partial charge in [0, 0.05) is 17.8 Å². The van der Waals surface area contributed by atoms with Crippen LogP contribution in [-0.4, -0.2) is 13.7 Å². The quantitative estimate of drug-likeness (QED) is 0.692. The first-order valence-corrected chi connectivity index (χ1v) is 7.92. The number of nitrogens with zero attached hydrogens (tertiary/aromatic N) is 2. The summed E-state index contributed by atoms with van der Waals surface area (Å²) in [5.41, 5.74) is 5.24. The Morgan fingerprint density at radius 2 is 2.05 bits per heavy atom. The molecule has 1 unspecified atom stereocenters. The smallest absolute Gasteiger partial charge is 0.179 e. The van der Waals surface area contributed by atoms with Gasteiger partial charge in [-0.05, 0) is 33.9 Å². The molecule has 1 aliphatic rings. The minimum absolute atomic E-state index is 0.246. The Morgan fingerprint density at radius 1 is 1.27 bits per heavy atom. The van der Waals surface area contributed by atoms with Crippen LogP contribution in [0, 0.1) is 11.5 Å². The fourth-order valence-electron chi connectivity index (χ4n) is 2.77. The molecule has 0 radical (unpaired) electrons. The van der Waals surface area contributed by atoms with Crippen LogP contribution in [0.15, 0.2) is 42.5 Å². The fraction of sp³-hybridized carbons (Fsp3) is 0.188. The molecule has 1 heterocycles. The van der Waals surface area contributed by atoms with Gasteiger partial charge in [0.1, 0.15) is 0 Å². The van der Waals surface area contributed by atoms with Crippen molar-refractivity contribution in [3.63, 3.8) is 0 Å². The second-order valence-electron chi connectivity index (χ2n) is 5.16. The fourth-order valence-corrected chi connectivity index (χ4v) is 3.05. The summed E-state index contributed by atoms with van der Waals surface area (Å²) < 4.78 is 23.8. The molecule has 1 aliphatic heterocycles. The van der Waals surface area contributed by atoms with Crippen LogP contribution in [-0.2, 0) is 30.9 Å². The van der Waals surface area contributed by atoms with Crippen molar-refractivity contribution in [3.8, 4) is 17.3 Å². The molecule has 1 atom stereocenters. The van der Waals surface area contributed by atoms with Crippen molar-refractivity contribution in [3.05, 3.63) is 59.2 Å². The van der Waals surface area contributed by atoms with Gasteiger partial charge in [-0.2, -0.15) is 5.26 Å². The lowest BCUT2D eigenvalue weighted by Gasteiger charge is -2.13. The van der Waals surface area contributed by atoms with Gasteiger partial charge in [-0.25, -0.2) is 4.72 Å². The van der Waals surface area contributed by atoms with Crippen molar-refractivity contribution in [1.29, 1.82) is 5.26 Å². The molecule has 0 aliphatic carbocycles. The number of hydrogen-bond donors (Lipinski definition) is 1. The molecule has 0 amide bonds. The minimum Gasteiger partial charge on any atom is -0.760 e. The molecule has 0 fully saturated rings. The lowest BCUT2D eigenvalue weighted by atomic mass is 9.94. The molecule has 0 saturated carbocycles. The lowest BCUT2D eigenvalue weighted by molar-refractivity contribution is 0.417. The Labute approximate surface area is 131 Å². The van der Waals surface area contributed by atoms with E-state index in [-0.39, 0.29) is 6.54 Å². The molecular weight excluding hydrogens is 298 g/mol. The van der Waals surface area contributed by atoms with Gasteiger partial charge in [0.25, 0.3) is 0 Å². The van der Waals surface area contributed by atoms with E-state index in [1.807, 2.05) is 42.5 Å². The molecule has 0 bridgehead atoms. The summed E-state index contributed by atoms with van der Waals surface area (Å²) in [6, 6.07) is 13.9. The van der Waals surface area contributed by atoms with Crippen LogP contribution in [0.25, 0.3) is 11.1 Å². The summed E-state index contributed by atoms with van der Waals surface area (Å²) in [6.07, 6.45) is 2.18. The maximum absolute atomic E-state index is 10.7. The highest BCUT2D eigenvalue weighted by Gasteiger charge is 2.22. The highest BCUT2D eigenvalue weighted by atomic mass is 32.2. The Hall–Kier alpha value is -2.20. The maximum atomic E-state index is 10.7. The average Bonchev–Trinajstić information content (AvgIpc) is 2.96. The van der Waals surface area contributed by atoms with Crippen molar-refractivity contribution in [2.24, 2.45) is 0 Å². The van der Waals surface area contributed by atoms with E-state index in [0.717, 1.165) is 27.8 Å². The van der Waals surface area contributed by atoms with Crippen LogP contribution >= 0.6 is 0 Å². The molecule has 22 heavy (non-hydrogen) atoms.